The number of hydrogen-bond donors (Lipinski definition) is 1. The first-order chi connectivity index (χ1) is 4.43. The Kier molecular flexibility index (Phi) is 6.65. The van der Waals surface area contributed by atoms with E-state index in [-0.39, 0.29) is 0 Å². The van der Waals surface area contributed by atoms with Crippen molar-refractivity contribution in [2.45, 2.75) is 25.5 Å². The maximum atomic E-state index is 3.30. The Bertz CT molecular complexity index is 50.9. The Morgan fingerprint density at radius 2 is 2.11 bits per heavy atom. The largest absolute Gasteiger partial charge is 0.316 e. The van der Waals surface area contributed by atoms with Gasteiger partial charge in [0.2, 0.25) is 0 Å². The molecular weight excluding hydrogens is 130 g/mol. The standard InChI is InChI=1S/C5H11NS.C2H6/c1-7-5-2-3-6-4-5;1-2/h5-6H,2-4H2,1H3;1-2H3/t5-;/m1./s1. The van der Waals surface area contributed by atoms with Gasteiger partial charge in [-0.15, -0.1) is 0 Å². The van der Waals surface area contributed by atoms with E-state index in [9.17, 15) is 0 Å². The summed E-state index contributed by atoms with van der Waals surface area (Å²) in [5.74, 6) is 0. The molecule has 1 fully saturated rings. The Morgan fingerprint density at radius 3 is 2.33 bits per heavy atom. The number of rotatable bonds is 1. The minimum absolute atomic E-state index is 0.903. The fourth-order valence-corrected chi connectivity index (χ4v) is 1.47. The second kappa shape index (κ2) is 6.43. The summed E-state index contributed by atoms with van der Waals surface area (Å²) in [6, 6.07) is 0. The highest BCUT2D eigenvalue weighted by Crippen LogP contribution is 2.12. The van der Waals surface area contributed by atoms with Gasteiger partial charge in [-0.2, -0.15) is 11.8 Å². The van der Waals surface area contributed by atoms with E-state index in [1.165, 1.54) is 19.5 Å². The number of thioether (sulfide) groups is 1. The maximum Gasteiger partial charge on any atom is 0.0181 e. The zero-order valence-electron chi connectivity index (χ0n) is 6.61. The first kappa shape index (κ1) is 9.31. The average molecular weight is 147 g/mol. The first-order valence-corrected chi connectivity index (χ1v) is 4.96. The Labute approximate surface area is 62.6 Å². The van der Waals surface area contributed by atoms with Gasteiger partial charge < -0.3 is 5.32 Å². The van der Waals surface area contributed by atoms with Crippen molar-refractivity contribution in [3.8, 4) is 0 Å². The van der Waals surface area contributed by atoms with Crippen molar-refractivity contribution in [3.05, 3.63) is 0 Å². The van der Waals surface area contributed by atoms with Gasteiger partial charge in [-0.05, 0) is 19.2 Å². The van der Waals surface area contributed by atoms with Crippen LogP contribution >= 0.6 is 11.8 Å². The highest BCUT2D eigenvalue weighted by Gasteiger charge is 2.10. The quantitative estimate of drug-likeness (QED) is 0.606. The van der Waals surface area contributed by atoms with Gasteiger partial charge >= 0.3 is 0 Å². The molecule has 0 unspecified atom stereocenters. The monoisotopic (exact) mass is 147 g/mol. The van der Waals surface area contributed by atoms with E-state index < -0.39 is 0 Å². The molecule has 1 atom stereocenters. The molecule has 0 radical (unpaired) electrons. The van der Waals surface area contributed by atoms with Gasteiger partial charge in [-0.3, -0.25) is 0 Å². The van der Waals surface area contributed by atoms with Crippen LogP contribution in [-0.2, 0) is 0 Å². The SMILES string of the molecule is CC.CS[C@@H]1CCNC1. The third-order valence-corrected chi connectivity index (χ3v) is 2.42. The molecule has 1 nitrogen and oxygen atoms in total. The summed E-state index contributed by atoms with van der Waals surface area (Å²) in [7, 11) is 0. The summed E-state index contributed by atoms with van der Waals surface area (Å²) in [5.41, 5.74) is 0. The predicted molar refractivity (Wildman–Crippen MR) is 46.1 cm³/mol. The van der Waals surface area contributed by atoms with Gasteiger partial charge in [0.1, 0.15) is 0 Å². The van der Waals surface area contributed by atoms with Crippen molar-refractivity contribution in [1.29, 1.82) is 0 Å². The molecule has 0 aliphatic carbocycles. The summed E-state index contributed by atoms with van der Waals surface area (Å²) < 4.78 is 0. The molecule has 0 saturated carbocycles. The Morgan fingerprint density at radius 1 is 1.44 bits per heavy atom. The summed E-state index contributed by atoms with van der Waals surface area (Å²) in [4.78, 5) is 0. The highest BCUT2D eigenvalue weighted by atomic mass is 32.2. The van der Waals surface area contributed by atoms with Gasteiger partial charge in [-0.1, -0.05) is 13.8 Å². The smallest absolute Gasteiger partial charge is 0.0181 e. The number of hydrogen-bond acceptors (Lipinski definition) is 2. The van der Waals surface area contributed by atoms with E-state index in [2.05, 4.69) is 11.6 Å². The molecule has 0 amide bonds. The third-order valence-electron chi connectivity index (χ3n) is 1.35. The number of nitrogens with one attached hydrogen (secondary N) is 1. The fraction of sp³-hybridized carbons (Fsp3) is 1.00. The molecule has 9 heavy (non-hydrogen) atoms. The molecular formula is C7H17NS. The molecule has 0 aromatic rings. The first-order valence-electron chi connectivity index (χ1n) is 3.67. The van der Waals surface area contributed by atoms with Gasteiger partial charge in [0.15, 0.2) is 0 Å². The van der Waals surface area contributed by atoms with Crippen molar-refractivity contribution < 1.29 is 0 Å². The van der Waals surface area contributed by atoms with Crippen LogP contribution in [0.3, 0.4) is 0 Å². The van der Waals surface area contributed by atoms with E-state index in [1.54, 1.807) is 0 Å². The molecule has 1 aliphatic heterocycles. The molecule has 2 heteroatoms. The Hall–Kier alpha value is 0.310. The van der Waals surface area contributed by atoms with Gasteiger partial charge in [0.05, 0.1) is 0 Å². The van der Waals surface area contributed by atoms with Crippen molar-refractivity contribution >= 4 is 11.8 Å². The van der Waals surface area contributed by atoms with Crippen LogP contribution in [0.4, 0.5) is 0 Å². The zero-order chi connectivity index (χ0) is 7.11. The third kappa shape index (κ3) is 3.82. The molecule has 0 aromatic carbocycles. The minimum atomic E-state index is 0.903. The molecule has 0 spiro atoms. The lowest BCUT2D eigenvalue weighted by molar-refractivity contribution is 0.858. The lowest BCUT2D eigenvalue weighted by Gasteiger charge is -1.98. The van der Waals surface area contributed by atoms with Crippen molar-refractivity contribution in [2.24, 2.45) is 0 Å². The second-order valence-electron chi connectivity index (χ2n) is 1.85. The normalized spacial score (nSPS) is 25.0. The highest BCUT2D eigenvalue weighted by molar-refractivity contribution is 7.99. The molecule has 0 aromatic heterocycles. The van der Waals surface area contributed by atoms with Crippen LogP contribution in [0.5, 0.6) is 0 Å². The van der Waals surface area contributed by atoms with Gasteiger partial charge in [0, 0.05) is 11.8 Å². The van der Waals surface area contributed by atoms with E-state index in [4.69, 9.17) is 0 Å². The molecule has 1 rings (SSSR count). The van der Waals surface area contributed by atoms with Crippen molar-refractivity contribution in [1.82, 2.24) is 5.32 Å². The van der Waals surface area contributed by atoms with Crippen LogP contribution in [0.2, 0.25) is 0 Å². The van der Waals surface area contributed by atoms with Gasteiger partial charge in [-0.25, -0.2) is 0 Å². The average Bonchev–Trinajstić information content (AvgIpc) is 2.43. The Balaban J connectivity index is 0.000000291. The zero-order valence-corrected chi connectivity index (χ0v) is 7.42. The van der Waals surface area contributed by atoms with E-state index in [1.807, 2.05) is 25.6 Å². The fourth-order valence-electron chi connectivity index (χ4n) is 0.829. The summed E-state index contributed by atoms with van der Waals surface area (Å²) in [6.45, 7) is 6.45. The lowest BCUT2D eigenvalue weighted by Crippen LogP contribution is -2.09. The topological polar surface area (TPSA) is 12.0 Å². The minimum Gasteiger partial charge on any atom is -0.316 e. The molecule has 1 saturated heterocycles. The van der Waals surface area contributed by atoms with Crippen molar-refractivity contribution in [3.63, 3.8) is 0 Å². The van der Waals surface area contributed by atoms with Crippen LogP contribution < -0.4 is 5.32 Å². The van der Waals surface area contributed by atoms with E-state index in [0.717, 1.165) is 5.25 Å². The molecule has 1 N–H and O–H groups in total. The lowest BCUT2D eigenvalue weighted by atomic mass is 10.4. The van der Waals surface area contributed by atoms with E-state index in [0.29, 0.717) is 0 Å². The molecule has 56 valence electrons. The van der Waals surface area contributed by atoms with Crippen LogP contribution in [0.1, 0.15) is 20.3 Å². The summed E-state index contributed by atoms with van der Waals surface area (Å²) in [5, 5.41) is 4.21. The van der Waals surface area contributed by atoms with Crippen molar-refractivity contribution in [2.75, 3.05) is 19.3 Å². The summed E-state index contributed by atoms with van der Waals surface area (Å²) >= 11 is 1.97. The molecule has 1 aliphatic rings. The summed E-state index contributed by atoms with van der Waals surface area (Å²) in [6.07, 6.45) is 3.54. The molecule has 0 bridgehead atoms. The van der Waals surface area contributed by atoms with Crippen LogP contribution in [0.15, 0.2) is 0 Å². The van der Waals surface area contributed by atoms with Crippen LogP contribution in [0, 0.1) is 0 Å². The van der Waals surface area contributed by atoms with Crippen LogP contribution in [-0.4, -0.2) is 24.6 Å². The van der Waals surface area contributed by atoms with Gasteiger partial charge in [0.25, 0.3) is 0 Å². The van der Waals surface area contributed by atoms with Crippen LogP contribution in [0.25, 0.3) is 0 Å². The molecule has 1 heterocycles. The predicted octanol–water partition coefficient (Wildman–Crippen LogP) is 1.74. The second-order valence-corrected chi connectivity index (χ2v) is 2.99. The maximum absolute atomic E-state index is 3.30. The van der Waals surface area contributed by atoms with E-state index >= 15 is 0 Å².